The molecule has 4 rings (SSSR count). The molecule has 0 amide bonds. The molecule has 7 nitrogen and oxygen atoms in total. The molecular weight excluding hydrogens is 382 g/mol. The van der Waals surface area contributed by atoms with E-state index in [9.17, 15) is 4.79 Å². The maximum atomic E-state index is 12.1. The van der Waals surface area contributed by atoms with Crippen LogP contribution in [-0.4, -0.2) is 34.2 Å². The summed E-state index contributed by atoms with van der Waals surface area (Å²) in [6.07, 6.45) is 0.799. The Morgan fingerprint density at radius 3 is 2.63 bits per heavy atom. The second kappa shape index (κ2) is 7.82. The van der Waals surface area contributed by atoms with Crippen LogP contribution in [0.2, 0.25) is 0 Å². The average Bonchev–Trinajstić information content (AvgIpc) is 3.29. The molecular formula is C23H25N3O4. The Kier molecular flexibility index (Phi) is 5.20. The minimum absolute atomic E-state index is 0.164. The van der Waals surface area contributed by atoms with Gasteiger partial charge in [-0.15, -0.1) is 0 Å². The fraction of sp³-hybridized carbons (Fsp3) is 0.348. The molecule has 4 aromatic rings. The van der Waals surface area contributed by atoms with E-state index in [1.54, 1.807) is 20.1 Å². The molecule has 0 bridgehead atoms. The second-order valence-electron chi connectivity index (χ2n) is 7.27. The number of furan rings is 1. The molecule has 30 heavy (non-hydrogen) atoms. The number of carbonyl (C=O) groups excluding carboxylic acids is 1. The van der Waals surface area contributed by atoms with Crippen LogP contribution >= 0.6 is 0 Å². The number of hydrogen-bond donors (Lipinski definition) is 0. The first-order chi connectivity index (χ1) is 14.4. The number of nitrogens with zero attached hydrogens (tertiary/aromatic N) is 3. The lowest BCUT2D eigenvalue weighted by atomic mass is 10.1. The molecule has 0 aliphatic rings. The highest BCUT2D eigenvalue weighted by molar-refractivity contribution is 5.94. The van der Waals surface area contributed by atoms with Crippen molar-refractivity contribution >= 4 is 28.1 Å². The smallest absolute Gasteiger partial charge is 0.374 e. The van der Waals surface area contributed by atoms with Crippen molar-refractivity contribution in [2.45, 2.75) is 40.7 Å². The fourth-order valence-corrected chi connectivity index (χ4v) is 3.79. The highest BCUT2D eigenvalue weighted by Gasteiger charge is 2.19. The number of rotatable bonds is 6. The molecule has 1 aromatic carbocycles. The largest absolute Gasteiger partial charge is 0.493 e. The van der Waals surface area contributed by atoms with Gasteiger partial charge in [0, 0.05) is 17.5 Å². The number of carbonyl (C=O) groups is 1. The number of imidazole rings is 1. The van der Waals surface area contributed by atoms with Crippen LogP contribution in [0.5, 0.6) is 5.75 Å². The van der Waals surface area contributed by atoms with Gasteiger partial charge in [-0.1, -0.05) is 6.92 Å². The van der Waals surface area contributed by atoms with Gasteiger partial charge >= 0.3 is 5.97 Å². The molecule has 0 atom stereocenters. The molecule has 3 heterocycles. The van der Waals surface area contributed by atoms with Crippen LogP contribution in [0.3, 0.4) is 0 Å². The van der Waals surface area contributed by atoms with Crippen molar-refractivity contribution in [1.82, 2.24) is 14.5 Å². The Hall–Kier alpha value is -3.35. The average molecular weight is 407 g/mol. The van der Waals surface area contributed by atoms with Crippen LogP contribution in [0.4, 0.5) is 0 Å². The zero-order valence-corrected chi connectivity index (χ0v) is 17.9. The summed E-state index contributed by atoms with van der Waals surface area (Å²) in [6.45, 7) is 8.78. The molecule has 0 unspecified atom stereocenters. The van der Waals surface area contributed by atoms with Crippen molar-refractivity contribution in [3.05, 3.63) is 52.7 Å². The maximum Gasteiger partial charge on any atom is 0.374 e. The molecule has 0 aliphatic carbocycles. The maximum absolute atomic E-state index is 12.1. The molecule has 0 fully saturated rings. The Balaban J connectivity index is 1.82. The van der Waals surface area contributed by atoms with Gasteiger partial charge < -0.3 is 18.5 Å². The molecule has 0 saturated carbocycles. The van der Waals surface area contributed by atoms with E-state index in [4.69, 9.17) is 23.9 Å². The summed E-state index contributed by atoms with van der Waals surface area (Å²) in [7, 11) is 1.59. The van der Waals surface area contributed by atoms with E-state index in [1.807, 2.05) is 19.1 Å². The molecule has 0 aliphatic heterocycles. The topological polar surface area (TPSA) is 79.4 Å². The van der Waals surface area contributed by atoms with E-state index >= 15 is 0 Å². The fourth-order valence-electron chi connectivity index (χ4n) is 3.79. The van der Waals surface area contributed by atoms with E-state index in [0.717, 1.165) is 45.6 Å². The van der Waals surface area contributed by atoms with Crippen molar-refractivity contribution < 1.29 is 18.7 Å². The number of fused-ring (bicyclic) bond motifs is 2. The third-order valence-corrected chi connectivity index (χ3v) is 5.10. The normalized spacial score (nSPS) is 11.4. The first-order valence-corrected chi connectivity index (χ1v) is 10.1. The van der Waals surface area contributed by atoms with Gasteiger partial charge in [-0.2, -0.15) is 0 Å². The second-order valence-corrected chi connectivity index (χ2v) is 7.27. The van der Waals surface area contributed by atoms with E-state index in [0.29, 0.717) is 17.9 Å². The quantitative estimate of drug-likeness (QED) is 0.435. The zero-order chi connectivity index (χ0) is 21.4. The molecule has 156 valence electrons. The van der Waals surface area contributed by atoms with Gasteiger partial charge in [0.25, 0.3) is 0 Å². The van der Waals surface area contributed by atoms with E-state index in [2.05, 4.69) is 24.5 Å². The number of methoxy groups -OCH3 is 1. The van der Waals surface area contributed by atoms with Crippen molar-refractivity contribution in [2.24, 2.45) is 0 Å². The third kappa shape index (κ3) is 3.40. The molecule has 7 heteroatoms. The summed E-state index contributed by atoms with van der Waals surface area (Å²) in [5.74, 6) is 1.23. The van der Waals surface area contributed by atoms with Gasteiger partial charge in [0.15, 0.2) is 17.0 Å². The predicted molar refractivity (Wildman–Crippen MR) is 114 cm³/mol. The van der Waals surface area contributed by atoms with Gasteiger partial charge in [0.2, 0.25) is 5.76 Å². The molecule has 0 saturated heterocycles. The highest BCUT2D eigenvalue weighted by Crippen LogP contribution is 2.32. The van der Waals surface area contributed by atoms with E-state index in [-0.39, 0.29) is 12.4 Å². The SMILES string of the molecule is CCOC(=O)c1cc2cc(Cn3c(CC)nc4c(C)cc(C)nc43)cc(OC)c2o1. The van der Waals surface area contributed by atoms with Gasteiger partial charge in [-0.3, -0.25) is 0 Å². The first-order valence-electron chi connectivity index (χ1n) is 10.1. The van der Waals surface area contributed by atoms with Crippen LogP contribution in [-0.2, 0) is 17.7 Å². The molecule has 0 N–H and O–H groups in total. The summed E-state index contributed by atoms with van der Waals surface area (Å²) in [6, 6.07) is 7.67. The molecule has 0 spiro atoms. The Morgan fingerprint density at radius 2 is 1.93 bits per heavy atom. The lowest BCUT2D eigenvalue weighted by Crippen LogP contribution is -2.06. The minimum atomic E-state index is -0.485. The lowest BCUT2D eigenvalue weighted by Gasteiger charge is -2.10. The predicted octanol–water partition coefficient (Wildman–Crippen LogP) is 4.59. The summed E-state index contributed by atoms with van der Waals surface area (Å²) < 4.78 is 18.4. The Morgan fingerprint density at radius 1 is 1.13 bits per heavy atom. The number of hydrogen-bond acceptors (Lipinski definition) is 6. The van der Waals surface area contributed by atoms with E-state index in [1.165, 1.54) is 0 Å². The van der Waals surface area contributed by atoms with Crippen molar-refractivity contribution in [3.8, 4) is 5.75 Å². The van der Waals surface area contributed by atoms with Gasteiger partial charge in [-0.05, 0) is 56.2 Å². The van der Waals surface area contributed by atoms with Gasteiger partial charge in [0.05, 0.1) is 20.3 Å². The lowest BCUT2D eigenvalue weighted by molar-refractivity contribution is 0.0492. The minimum Gasteiger partial charge on any atom is -0.493 e. The molecule has 0 radical (unpaired) electrons. The van der Waals surface area contributed by atoms with Crippen LogP contribution in [0.15, 0.2) is 28.7 Å². The highest BCUT2D eigenvalue weighted by atomic mass is 16.5. The Labute approximate surface area is 174 Å². The monoisotopic (exact) mass is 407 g/mol. The molecule has 3 aromatic heterocycles. The third-order valence-electron chi connectivity index (χ3n) is 5.10. The number of ether oxygens (including phenoxy) is 2. The van der Waals surface area contributed by atoms with Crippen LogP contribution in [0, 0.1) is 13.8 Å². The van der Waals surface area contributed by atoms with E-state index < -0.39 is 5.97 Å². The number of benzene rings is 1. The number of esters is 1. The summed E-state index contributed by atoms with van der Waals surface area (Å²) in [5, 5.41) is 0.787. The zero-order valence-electron chi connectivity index (χ0n) is 17.9. The standard InChI is InChI=1S/C23H25N3O4/c1-6-19-25-20-13(3)8-14(4)24-22(20)26(19)12-15-9-16-11-18(23(27)29-7-2)30-21(16)17(10-15)28-5/h8-11H,6-7,12H2,1-5H3. The van der Waals surface area contributed by atoms with Crippen LogP contribution < -0.4 is 4.74 Å². The number of aromatic nitrogens is 3. The number of pyridine rings is 1. The summed E-state index contributed by atoms with van der Waals surface area (Å²) in [4.78, 5) is 21.6. The van der Waals surface area contributed by atoms with Gasteiger partial charge in [-0.25, -0.2) is 14.8 Å². The van der Waals surface area contributed by atoms with Crippen molar-refractivity contribution in [2.75, 3.05) is 13.7 Å². The summed E-state index contributed by atoms with van der Waals surface area (Å²) >= 11 is 0. The number of aryl methyl sites for hydroxylation is 3. The van der Waals surface area contributed by atoms with Crippen LogP contribution in [0.1, 0.15) is 47.0 Å². The van der Waals surface area contributed by atoms with Gasteiger partial charge in [0.1, 0.15) is 11.3 Å². The van der Waals surface area contributed by atoms with Crippen molar-refractivity contribution in [3.63, 3.8) is 0 Å². The summed E-state index contributed by atoms with van der Waals surface area (Å²) in [5.41, 5.74) is 5.42. The van der Waals surface area contributed by atoms with Crippen molar-refractivity contribution in [1.29, 1.82) is 0 Å². The van der Waals surface area contributed by atoms with Crippen LogP contribution in [0.25, 0.3) is 22.1 Å². The first kappa shape index (κ1) is 19.9. The Bertz CT molecular complexity index is 1250.